The fraction of sp³-hybridized carbons (Fsp3) is 0.370. The van der Waals surface area contributed by atoms with Crippen LogP contribution in [0.2, 0.25) is 0 Å². The lowest BCUT2D eigenvalue weighted by Gasteiger charge is -2.17. The molecule has 0 unspecified atom stereocenters. The Balaban J connectivity index is 1.85. The SMILES string of the molecule is CCCc1ccc(OCc2c(C)cc(-c3c(CC)cccc3CC)nc2C)cc1. The number of hydrogen-bond donors (Lipinski definition) is 0. The quantitative estimate of drug-likeness (QED) is 0.414. The summed E-state index contributed by atoms with van der Waals surface area (Å²) in [6, 6.07) is 17.3. The molecule has 0 saturated carbocycles. The van der Waals surface area contributed by atoms with Crippen molar-refractivity contribution in [1.29, 1.82) is 0 Å². The van der Waals surface area contributed by atoms with E-state index in [2.05, 4.69) is 83.1 Å². The van der Waals surface area contributed by atoms with E-state index in [1.54, 1.807) is 0 Å². The van der Waals surface area contributed by atoms with Gasteiger partial charge in [0.25, 0.3) is 0 Å². The van der Waals surface area contributed by atoms with E-state index in [1.807, 2.05) is 0 Å². The van der Waals surface area contributed by atoms with E-state index in [-0.39, 0.29) is 0 Å². The molecule has 0 N–H and O–H groups in total. The molecule has 0 aliphatic carbocycles. The normalized spacial score (nSPS) is 10.9. The van der Waals surface area contributed by atoms with Crippen LogP contribution in [0.3, 0.4) is 0 Å². The van der Waals surface area contributed by atoms with Crippen LogP contribution >= 0.6 is 0 Å². The molecular weight excluding hydrogens is 354 g/mol. The molecule has 1 heterocycles. The molecule has 2 nitrogen and oxygen atoms in total. The van der Waals surface area contributed by atoms with Gasteiger partial charge in [0.1, 0.15) is 12.4 Å². The average Bonchev–Trinajstić information content (AvgIpc) is 2.73. The highest BCUT2D eigenvalue weighted by molar-refractivity contribution is 5.69. The van der Waals surface area contributed by atoms with Crippen molar-refractivity contribution in [3.8, 4) is 17.0 Å². The molecule has 29 heavy (non-hydrogen) atoms. The summed E-state index contributed by atoms with van der Waals surface area (Å²) in [5, 5.41) is 0. The molecule has 0 aliphatic rings. The summed E-state index contributed by atoms with van der Waals surface area (Å²) in [5.74, 6) is 0.914. The molecule has 3 rings (SSSR count). The number of benzene rings is 2. The molecule has 0 spiro atoms. The van der Waals surface area contributed by atoms with E-state index in [0.29, 0.717) is 6.61 Å². The van der Waals surface area contributed by atoms with Crippen molar-refractivity contribution >= 4 is 0 Å². The van der Waals surface area contributed by atoms with Crippen LogP contribution in [-0.4, -0.2) is 4.98 Å². The Morgan fingerprint density at radius 2 is 1.52 bits per heavy atom. The van der Waals surface area contributed by atoms with Crippen LogP contribution in [0.1, 0.15) is 60.7 Å². The van der Waals surface area contributed by atoms with Crippen LogP contribution in [0, 0.1) is 13.8 Å². The van der Waals surface area contributed by atoms with Gasteiger partial charge in [-0.1, -0.05) is 57.5 Å². The zero-order valence-corrected chi connectivity index (χ0v) is 18.5. The largest absolute Gasteiger partial charge is 0.489 e. The average molecular weight is 388 g/mol. The van der Waals surface area contributed by atoms with Crippen LogP contribution in [-0.2, 0) is 25.9 Å². The fourth-order valence-electron chi connectivity index (χ4n) is 3.97. The first kappa shape index (κ1) is 21.1. The van der Waals surface area contributed by atoms with E-state index in [4.69, 9.17) is 9.72 Å². The van der Waals surface area contributed by atoms with Crippen molar-refractivity contribution in [3.63, 3.8) is 0 Å². The summed E-state index contributed by atoms with van der Waals surface area (Å²) in [4.78, 5) is 4.99. The zero-order chi connectivity index (χ0) is 20.8. The lowest BCUT2D eigenvalue weighted by Crippen LogP contribution is -2.05. The van der Waals surface area contributed by atoms with Crippen LogP contribution in [0.15, 0.2) is 48.5 Å². The Hall–Kier alpha value is -2.61. The van der Waals surface area contributed by atoms with E-state index in [0.717, 1.165) is 42.8 Å². The highest BCUT2D eigenvalue weighted by Gasteiger charge is 2.14. The minimum atomic E-state index is 0.550. The predicted octanol–water partition coefficient (Wildman–Crippen LogP) is 7.02. The number of nitrogens with zero attached hydrogens (tertiary/aromatic N) is 1. The van der Waals surface area contributed by atoms with Gasteiger partial charge in [-0.2, -0.15) is 0 Å². The summed E-state index contributed by atoms with van der Waals surface area (Å²) >= 11 is 0. The number of hydrogen-bond acceptors (Lipinski definition) is 2. The van der Waals surface area contributed by atoms with Gasteiger partial charge >= 0.3 is 0 Å². The third kappa shape index (κ3) is 4.87. The van der Waals surface area contributed by atoms with Gasteiger partial charge in [0.2, 0.25) is 0 Å². The molecule has 0 amide bonds. The van der Waals surface area contributed by atoms with Crippen molar-refractivity contribution in [2.45, 2.75) is 66.9 Å². The van der Waals surface area contributed by atoms with Crippen LogP contribution in [0.5, 0.6) is 5.75 Å². The molecule has 0 fully saturated rings. The summed E-state index contributed by atoms with van der Waals surface area (Å²) in [7, 11) is 0. The van der Waals surface area contributed by atoms with Crippen LogP contribution in [0.4, 0.5) is 0 Å². The molecule has 0 aliphatic heterocycles. The van der Waals surface area contributed by atoms with Gasteiger partial charge in [-0.05, 0) is 73.6 Å². The zero-order valence-electron chi connectivity index (χ0n) is 18.5. The van der Waals surface area contributed by atoms with Crippen LogP contribution < -0.4 is 4.74 Å². The van der Waals surface area contributed by atoms with Gasteiger partial charge in [0, 0.05) is 16.8 Å². The first-order valence-corrected chi connectivity index (χ1v) is 10.9. The van der Waals surface area contributed by atoms with Gasteiger partial charge < -0.3 is 4.74 Å². The Kier molecular flexibility index (Phi) is 7.09. The topological polar surface area (TPSA) is 22.1 Å². The molecule has 0 saturated heterocycles. The maximum atomic E-state index is 6.08. The Labute approximate surface area is 176 Å². The van der Waals surface area contributed by atoms with Gasteiger partial charge in [0.05, 0.1) is 5.69 Å². The monoisotopic (exact) mass is 387 g/mol. The minimum Gasteiger partial charge on any atom is -0.489 e. The van der Waals surface area contributed by atoms with Crippen molar-refractivity contribution in [1.82, 2.24) is 4.98 Å². The number of ether oxygens (including phenoxy) is 1. The highest BCUT2D eigenvalue weighted by atomic mass is 16.5. The fourth-order valence-corrected chi connectivity index (χ4v) is 3.97. The third-order valence-corrected chi connectivity index (χ3v) is 5.65. The van der Waals surface area contributed by atoms with Crippen molar-refractivity contribution in [2.24, 2.45) is 0 Å². The summed E-state index contributed by atoms with van der Waals surface area (Å²) < 4.78 is 6.08. The van der Waals surface area contributed by atoms with Crippen LogP contribution in [0.25, 0.3) is 11.3 Å². The number of pyridine rings is 1. The molecular formula is C27H33NO. The second-order valence-electron chi connectivity index (χ2n) is 7.73. The van der Waals surface area contributed by atoms with E-state index >= 15 is 0 Å². The molecule has 2 aromatic carbocycles. The maximum Gasteiger partial charge on any atom is 0.119 e. The lowest BCUT2D eigenvalue weighted by atomic mass is 9.93. The molecule has 0 radical (unpaired) electrons. The minimum absolute atomic E-state index is 0.550. The van der Waals surface area contributed by atoms with E-state index in [9.17, 15) is 0 Å². The molecule has 3 aromatic rings. The van der Waals surface area contributed by atoms with Gasteiger partial charge in [-0.3, -0.25) is 4.98 Å². The van der Waals surface area contributed by atoms with Crippen molar-refractivity contribution in [2.75, 3.05) is 0 Å². The Morgan fingerprint density at radius 3 is 2.07 bits per heavy atom. The first-order valence-electron chi connectivity index (χ1n) is 10.9. The predicted molar refractivity (Wildman–Crippen MR) is 123 cm³/mol. The van der Waals surface area contributed by atoms with E-state index in [1.165, 1.54) is 33.4 Å². The van der Waals surface area contributed by atoms with Crippen molar-refractivity contribution < 1.29 is 4.74 Å². The molecule has 152 valence electrons. The molecule has 2 heteroatoms. The third-order valence-electron chi connectivity index (χ3n) is 5.65. The molecule has 1 aromatic heterocycles. The number of aryl methyl sites for hydroxylation is 5. The lowest BCUT2D eigenvalue weighted by molar-refractivity contribution is 0.304. The smallest absolute Gasteiger partial charge is 0.119 e. The second-order valence-corrected chi connectivity index (χ2v) is 7.73. The highest BCUT2D eigenvalue weighted by Crippen LogP contribution is 2.30. The molecule has 0 atom stereocenters. The van der Waals surface area contributed by atoms with Crippen molar-refractivity contribution in [3.05, 3.63) is 82.0 Å². The first-order chi connectivity index (χ1) is 14.1. The maximum absolute atomic E-state index is 6.08. The van der Waals surface area contributed by atoms with Gasteiger partial charge in [0.15, 0.2) is 0 Å². The second kappa shape index (κ2) is 9.73. The number of rotatable bonds is 8. The van der Waals surface area contributed by atoms with Gasteiger partial charge in [-0.15, -0.1) is 0 Å². The van der Waals surface area contributed by atoms with E-state index < -0.39 is 0 Å². The number of aromatic nitrogens is 1. The Morgan fingerprint density at radius 1 is 0.862 bits per heavy atom. The summed E-state index contributed by atoms with van der Waals surface area (Å²) in [5.41, 5.74) is 9.96. The molecule has 0 bridgehead atoms. The summed E-state index contributed by atoms with van der Waals surface area (Å²) in [6.45, 7) is 11.4. The Bertz CT molecular complexity index is 912. The summed E-state index contributed by atoms with van der Waals surface area (Å²) in [6.07, 6.45) is 4.31. The standard InChI is InChI=1S/C27H33NO/c1-6-10-21-13-15-24(16-14-21)29-18-25-19(4)17-26(28-20(25)5)27-22(7-2)11-9-12-23(27)8-3/h9,11-17H,6-8,10,18H2,1-5H3. The van der Waals surface area contributed by atoms with Gasteiger partial charge in [-0.25, -0.2) is 0 Å².